The zero-order valence-electron chi connectivity index (χ0n) is 29.9. The normalized spacial score (nSPS) is 30.0. The molecule has 13 heteroatoms. The SMILES string of the molecule is CCCCCCCCCCCC(=O)OC[C@H]1O[C@@](COC(=O)CCCCCCCCCCC)(O[C@H]2O[C@H](CO)[C@@H](O)[C@H](O)[C@H]2O)[C@@H](O)[C@@H]1O. The molecule has 2 fully saturated rings. The van der Waals surface area contributed by atoms with Crippen LogP contribution in [0.15, 0.2) is 0 Å². The van der Waals surface area contributed by atoms with E-state index in [0.29, 0.717) is 12.8 Å². The molecule has 2 rings (SSSR count). The van der Waals surface area contributed by atoms with Gasteiger partial charge in [0.25, 0.3) is 0 Å². The molecule has 2 saturated heterocycles. The maximum atomic E-state index is 12.7. The molecule has 0 radical (unpaired) electrons. The molecule has 0 aromatic carbocycles. The molecule has 2 heterocycles. The van der Waals surface area contributed by atoms with Crippen LogP contribution in [-0.4, -0.2) is 117 Å². The Morgan fingerprint density at radius 1 is 0.592 bits per heavy atom. The molecule has 0 aliphatic carbocycles. The Balaban J connectivity index is 1.93. The largest absolute Gasteiger partial charge is 0.463 e. The molecule has 0 spiro atoms. The standard InChI is InChI=1S/C36H66O13/c1-3-5-7-9-11-13-15-17-19-21-28(38)45-24-27-31(41)34(44)36(48-27,49-35-33(43)32(42)30(40)26(23-37)47-35)25-46-29(39)22-20-18-16-14-12-10-8-6-4-2/h26-27,30-35,37,40-44H,3-25H2,1-2H3/t26-,27-,30-,31-,32+,33-,34+,35-,36+/m1/s1. The number of unbranched alkanes of at least 4 members (excludes halogenated alkanes) is 16. The minimum Gasteiger partial charge on any atom is -0.463 e. The summed E-state index contributed by atoms with van der Waals surface area (Å²) in [6, 6.07) is 0. The molecule has 9 atom stereocenters. The molecule has 0 unspecified atom stereocenters. The van der Waals surface area contributed by atoms with Gasteiger partial charge >= 0.3 is 11.9 Å². The predicted molar refractivity (Wildman–Crippen MR) is 180 cm³/mol. The predicted octanol–water partition coefficient (Wildman–Crippen LogP) is 3.55. The molecule has 2 aliphatic rings. The van der Waals surface area contributed by atoms with E-state index in [9.17, 15) is 40.2 Å². The summed E-state index contributed by atoms with van der Waals surface area (Å²) in [6.07, 6.45) is 6.52. The van der Waals surface area contributed by atoms with Gasteiger partial charge in [0.05, 0.1) is 6.61 Å². The fraction of sp³-hybridized carbons (Fsp3) is 0.944. The number of esters is 2. The Morgan fingerprint density at radius 2 is 1.06 bits per heavy atom. The molecule has 6 N–H and O–H groups in total. The van der Waals surface area contributed by atoms with Crippen LogP contribution in [0.3, 0.4) is 0 Å². The van der Waals surface area contributed by atoms with Gasteiger partial charge in [0.15, 0.2) is 6.29 Å². The molecule has 0 aromatic heterocycles. The van der Waals surface area contributed by atoms with E-state index in [1.165, 1.54) is 57.8 Å². The van der Waals surface area contributed by atoms with Crippen LogP contribution in [0.25, 0.3) is 0 Å². The number of carbonyl (C=O) groups excluding carboxylic acids is 2. The number of aliphatic hydroxyl groups excluding tert-OH is 6. The number of hydrogen-bond donors (Lipinski definition) is 6. The van der Waals surface area contributed by atoms with Gasteiger partial charge in [-0.3, -0.25) is 9.59 Å². The van der Waals surface area contributed by atoms with Crippen molar-refractivity contribution in [3.05, 3.63) is 0 Å². The Morgan fingerprint density at radius 3 is 1.55 bits per heavy atom. The molecule has 49 heavy (non-hydrogen) atoms. The zero-order valence-corrected chi connectivity index (χ0v) is 29.9. The first-order valence-corrected chi connectivity index (χ1v) is 18.9. The molecule has 0 bridgehead atoms. The fourth-order valence-corrected chi connectivity index (χ4v) is 6.26. The number of hydrogen-bond acceptors (Lipinski definition) is 13. The van der Waals surface area contributed by atoms with Crippen LogP contribution in [0, 0.1) is 0 Å². The first-order valence-electron chi connectivity index (χ1n) is 18.9. The summed E-state index contributed by atoms with van der Waals surface area (Å²) < 4.78 is 27.9. The number of aliphatic hydroxyl groups is 6. The Hall–Kier alpha value is -1.42. The first kappa shape index (κ1) is 43.7. The Kier molecular flexibility index (Phi) is 22.1. The quantitative estimate of drug-likeness (QED) is 0.0536. The van der Waals surface area contributed by atoms with Gasteiger partial charge in [0.2, 0.25) is 5.79 Å². The second kappa shape index (κ2) is 24.7. The van der Waals surface area contributed by atoms with Crippen molar-refractivity contribution in [1.29, 1.82) is 0 Å². The lowest BCUT2D eigenvalue weighted by Gasteiger charge is -2.43. The Bertz CT molecular complexity index is 889. The van der Waals surface area contributed by atoms with Crippen LogP contribution in [-0.2, 0) is 33.3 Å². The van der Waals surface area contributed by atoms with Gasteiger partial charge in [-0.2, -0.15) is 0 Å². The molecular formula is C36H66O13. The van der Waals surface area contributed by atoms with Gasteiger partial charge in [-0.1, -0.05) is 117 Å². The van der Waals surface area contributed by atoms with E-state index in [0.717, 1.165) is 44.9 Å². The highest BCUT2D eigenvalue weighted by molar-refractivity contribution is 5.69. The maximum absolute atomic E-state index is 12.7. The summed E-state index contributed by atoms with van der Waals surface area (Å²) in [4.78, 5) is 25.1. The summed E-state index contributed by atoms with van der Waals surface area (Å²) in [5.41, 5.74) is 0. The van der Waals surface area contributed by atoms with E-state index < -0.39 is 86.6 Å². The van der Waals surface area contributed by atoms with Crippen molar-refractivity contribution in [3.63, 3.8) is 0 Å². The third-order valence-corrected chi connectivity index (χ3v) is 9.48. The third-order valence-electron chi connectivity index (χ3n) is 9.48. The van der Waals surface area contributed by atoms with Crippen molar-refractivity contribution in [2.24, 2.45) is 0 Å². The number of ether oxygens (including phenoxy) is 5. The minimum absolute atomic E-state index is 0.102. The summed E-state index contributed by atoms with van der Waals surface area (Å²) in [5.74, 6) is -3.39. The molecule has 0 amide bonds. The molecule has 2 aliphatic heterocycles. The van der Waals surface area contributed by atoms with Crippen LogP contribution in [0.4, 0.5) is 0 Å². The lowest BCUT2D eigenvalue weighted by Crippen LogP contribution is -2.62. The second-order valence-corrected chi connectivity index (χ2v) is 13.7. The summed E-state index contributed by atoms with van der Waals surface area (Å²) in [5, 5.41) is 62.6. The molecule has 0 aromatic rings. The summed E-state index contributed by atoms with van der Waals surface area (Å²) in [7, 11) is 0. The molecular weight excluding hydrogens is 640 g/mol. The van der Waals surface area contributed by atoms with Crippen molar-refractivity contribution in [2.45, 2.75) is 197 Å². The van der Waals surface area contributed by atoms with Crippen LogP contribution >= 0.6 is 0 Å². The van der Waals surface area contributed by atoms with Crippen LogP contribution in [0.2, 0.25) is 0 Å². The van der Waals surface area contributed by atoms with Gasteiger partial charge in [0, 0.05) is 12.8 Å². The number of carbonyl (C=O) groups is 2. The van der Waals surface area contributed by atoms with Gasteiger partial charge in [-0.05, 0) is 12.8 Å². The lowest BCUT2D eigenvalue weighted by atomic mass is 9.99. The highest BCUT2D eigenvalue weighted by Gasteiger charge is 2.59. The van der Waals surface area contributed by atoms with Crippen molar-refractivity contribution in [3.8, 4) is 0 Å². The fourth-order valence-electron chi connectivity index (χ4n) is 6.26. The van der Waals surface area contributed by atoms with E-state index in [-0.39, 0.29) is 12.8 Å². The van der Waals surface area contributed by atoms with E-state index in [1.807, 2.05) is 0 Å². The molecule has 0 saturated carbocycles. The van der Waals surface area contributed by atoms with Gasteiger partial charge in [-0.25, -0.2) is 0 Å². The Labute approximate surface area is 292 Å². The topological polar surface area (TPSA) is 202 Å². The van der Waals surface area contributed by atoms with Crippen molar-refractivity contribution >= 4 is 11.9 Å². The third kappa shape index (κ3) is 15.4. The summed E-state index contributed by atoms with van der Waals surface area (Å²) in [6.45, 7) is 2.49. The summed E-state index contributed by atoms with van der Waals surface area (Å²) >= 11 is 0. The van der Waals surface area contributed by atoms with E-state index in [4.69, 9.17) is 23.7 Å². The molecule has 288 valence electrons. The van der Waals surface area contributed by atoms with Crippen LogP contribution < -0.4 is 0 Å². The average molecular weight is 707 g/mol. The second-order valence-electron chi connectivity index (χ2n) is 13.7. The minimum atomic E-state index is -2.30. The van der Waals surface area contributed by atoms with Crippen molar-refractivity contribution in [2.75, 3.05) is 19.8 Å². The van der Waals surface area contributed by atoms with Crippen molar-refractivity contribution < 1.29 is 63.9 Å². The number of rotatable bonds is 27. The average Bonchev–Trinajstić information content (AvgIpc) is 3.33. The van der Waals surface area contributed by atoms with Crippen molar-refractivity contribution in [1.82, 2.24) is 0 Å². The van der Waals surface area contributed by atoms with Gasteiger partial charge < -0.3 is 54.3 Å². The van der Waals surface area contributed by atoms with E-state index in [2.05, 4.69) is 13.8 Å². The monoisotopic (exact) mass is 706 g/mol. The van der Waals surface area contributed by atoms with E-state index >= 15 is 0 Å². The molecule has 13 nitrogen and oxygen atoms in total. The van der Waals surface area contributed by atoms with Gasteiger partial charge in [-0.15, -0.1) is 0 Å². The maximum Gasteiger partial charge on any atom is 0.305 e. The highest BCUT2D eigenvalue weighted by atomic mass is 16.8. The zero-order chi connectivity index (χ0) is 36.1. The lowest BCUT2D eigenvalue weighted by molar-refractivity contribution is -0.383. The van der Waals surface area contributed by atoms with Crippen LogP contribution in [0.5, 0.6) is 0 Å². The smallest absolute Gasteiger partial charge is 0.305 e. The van der Waals surface area contributed by atoms with Gasteiger partial charge in [0.1, 0.15) is 55.9 Å². The first-order chi connectivity index (χ1) is 23.6. The van der Waals surface area contributed by atoms with Crippen LogP contribution in [0.1, 0.15) is 142 Å². The van der Waals surface area contributed by atoms with E-state index in [1.54, 1.807) is 0 Å². The highest BCUT2D eigenvalue weighted by Crippen LogP contribution is 2.37.